The van der Waals surface area contributed by atoms with Gasteiger partial charge in [-0.2, -0.15) is 0 Å². The van der Waals surface area contributed by atoms with Crippen molar-refractivity contribution in [2.75, 3.05) is 20.1 Å². The van der Waals surface area contributed by atoms with Gasteiger partial charge in [0.25, 0.3) is 5.96 Å². The van der Waals surface area contributed by atoms with Gasteiger partial charge in [0.05, 0.1) is 0 Å². The second-order valence-electron chi connectivity index (χ2n) is 2.91. The Morgan fingerprint density at radius 1 is 1.23 bits per heavy atom. The molecule has 0 saturated carbocycles. The molecule has 0 fully saturated rings. The van der Waals surface area contributed by atoms with Crippen LogP contribution in [0.5, 0.6) is 0 Å². The summed E-state index contributed by atoms with van der Waals surface area (Å²) in [6.07, 6.45) is 2.07. The van der Waals surface area contributed by atoms with Crippen molar-refractivity contribution in [3.63, 3.8) is 0 Å². The lowest BCUT2D eigenvalue weighted by Crippen LogP contribution is -2.43. The number of hydrazine groups is 1. The smallest absolute Gasteiger partial charge is 0.251 e. The van der Waals surface area contributed by atoms with Crippen LogP contribution in [0.15, 0.2) is 5.11 Å². The van der Waals surface area contributed by atoms with Gasteiger partial charge >= 0.3 is 0 Å². The molecule has 0 aromatic heterocycles. The van der Waals surface area contributed by atoms with Gasteiger partial charge in [0.15, 0.2) is 0 Å². The predicted octanol–water partition coefficient (Wildman–Crippen LogP) is 1.92. The normalized spacial score (nSPS) is 10.2. The molecule has 5 nitrogen and oxygen atoms in total. The van der Waals surface area contributed by atoms with Crippen LogP contribution in [-0.4, -0.2) is 36.1 Å². The summed E-state index contributed by atoms with van der Waals surface area (Å²) in [5.74, 6) is -0.0121. The standard InChI is InChI=1S/C8H19N5/c1-4-6-13(7-5-2)12(3)8(9)11-10/h9-10H,4-7H2,1-3H3. The van der Waals surface area contributed by atoms with Gasteiger partial charge in [-0.3, -0.25) is 10.4 Å². The third kappa shape index (κ3) is 3.98. The third-order valence-corrected chi connectivity index (χ3v) is 1.80. The van der Waals surface area contributed by atoms with E-state index in [9.17, 15) is 0 Å². The summed E-state index contributed by atoms with van der Waals surface area (Å²) in [5, 5.41) is 14.1. The molecule has 13 heavy (non-hydrogen) atoms. The molecule has 0 aromatic carbocycles. The summed E-state index contributed by atoms with van der Waals surface area (Å²) >= 11 is 0. The van der Waals surface area contributed by atoms with Gasteiger partial charge in [-0.1, -0.05) is 13.8 Å². The van der Waals surface area contributed by atoms with Gasteiger partial charge in [0.2, 0.25) is 0 Å². The minimum atomic E-state index is -0.0121. The van der Waals surface area contributed by atoms with Crippen LogP contribution < -0.4 is 0 Å². The van der Waals surface area contributed by atoms with Crippen molar-refractivity contribution >= 4 is 5.96 Å². The Kier molecular flexibility index (Phi) is 6.05. The van der Waals surface area contributed by atoms with Crippen LogP contribution >= 0.6 is 0 Å². The fraction of sp³-hybridized carbons (Fsp3) is 0.875. The summed E-state index contributed by atoms with van der Waals surface area (Å²) in [4.78, 5) is 0. The summed E-state index contributed by atoms with van der Waals surface area (Å²) in [6.45, 7) is 6.00. The first-order valence-electron chi connectivity index (χ1n) is 4.61. The molecule has 0 unspecified atom stereocenters. The zero-order chi connectivity index (χ0) is 10.3. The van der Waals surface area contributed by atoms with Gasteiger partial charge in [-0.25, -0.2) is 10.5 Å². The summed E-state index contributed by atoms with van der Waals surface area (Å²) in [5.41, 5.74) is 6.73. The van der Waals surface area contributed by atoms with E-state index in [-0.39, 0.29) is 5.96 Å². The highest BCUT2D eigenvalue weighted by atomic mass is 15.6. The van der Waals surface area contributed by atoms with Crippen molar-refractivity contribution in [2.24, 2.45) is 5.11 Å². The monoisotopic (exact) mass is 185 g/mol. The second-order valence-corrected chi connectivity index (χ2v) is 2.91. The molecule has 0 rings (SSSR count). The average molecular weight is 185 g/mol. The summed E-state index contributed by atoms with van der Waals surface area (Å²) in [7, 11) is 1.77. The van der Waals surface area contributed by atoms with Crippen LogP contribution in [0.2, 0.25) is 0 Å². The van der Waals surface area contributed by atoms with E-state index < -0.39 is 0 Å². The molecule has 0 bridgehead atoms. The van der Waals surface area contributed by atoms with Crippen molar-refractivity contribution < 1.29 is 0 Å². The average Bonchev–Trinajstić information content (AvgIpc) is 2.15. The van der Waals surface area contributed by atoms with Crippen molar-refractivity contribution in [3.05, 3.63) is 0 Å². The molecule has 2 N–H and O–H groups in total. The Labute approximate surface area is 79.7 Å². The molecule has 76 valence electrons. The van der Waals surface area contributed by atoms with Crippen molar-refractivity contribution in [3.8, 4) is 0 Å². The zero-order valence-electron chi connectivity index (χ0n) is 8.67. The maximum absolute atomic E-state index is 7.36. The maximum Gasteiger partial charge on any atom is 0.251 e. The molecule has 0 atom stereocenters. The highest BCUT2D eigenvalue weighted by Gasteiger charge is 2.11. The molecule has 0 aliphatic rings. The first-order valence-corrected chi connectivity index (χ1v) is 4.61. The van der Waals surface area contributed by atoms with Gasteiger partial charge in [-0.05, 0) is 12.8 Å². The molecule has 0 aliphatic carbocycles. The van der Waals surface area contributed by atoms with E-state index in [0.29, 0.717) is 0 Å². The van der Waals surface area contributed by atoms with Gasteiger partial charge in [0, 0.05) is 20.1 Å². The largest absolute Gasteiger partial charge is 0.276 e. The maximum atomic E-state index is 7.36. The lowest BCUT2D eigenvalue weighted by atomic mass is 10.4. The van der Waals surface area contributed by atoms with Gasteiger partial charge in [-0.15, -0.1) is 5.11 Å². The molecule has 0 heterocycles. The zero-order valence-corrected chi connectivity index (χ0v) is 8.67. The number of rotatable bonds is 5. The van der Waals surface area contributed by atoms with Crippen molar-refractivity contribution in [1.82, 2.24) is 10.0 Å². The number of guanidine groups is 1. The lowest BCUT2D eigenvalue weighted by molar-refractivity contribution is 0.0669. The Morgan fingerprint density at radius 2 is 1.69 bits per heavy atom. The number of nitrogens with zero attached hydrogens (tertiary/aromatic N) is 3. The molecule has 0 aliphatic heterocycles. The Hall–Kier alpha value is -0.970. The number of hydrogen-bond acceptors (Lipinski definition) is 3. The second kappa shape index (κ2) is 6.54. The molecule has 0 saturated heterocycles. The third-order valence-electron chi connectivity index (χ3n) is 1.80. The van der Waals surface area contributed by atoms with Crippen LogP contribution in [0.4, 0.5) is 0 Å². The van der Waals surface area contributed by atoms with Crippen LogP contribution in [0, 0.1) is 10.9 Å². The number of hydrogen-bond donors (Lipinski definition) is 2. The molecule has 0 spiro atoms. The minimum absolute atomic E-state index is 0.0121. The first-order chi connectivity index (χ1) is 6.17. The van der Waals surface area contributed by atoms with Crippen LogP contribution in [0.1, 0.15) is 26.7 Å². The highest BCUT2D eigenvalue weighted by molar-refractivity contribution is 5.75. The molecule has 0 amide bonds. The predicted molar refractivity (Wildman–Crippen MR) is 52.8 cm³/mol. The topological polar surface area (TPSA) is 66.5 Å². The van der Waals surface area contributed by atoms with E-state index in [1.165, 1.54) is 0 Å². The molecule has 0 radical (unpaired) electrons. The molecular formula is C8H19N5. The van der Waals surface area contributed by atoms with E-state index in [2.05, 4.69) is 19.0 Å². The van der Waals surface area contributed by atoms with E-state index in [1.54, 1.807) is 12.1 Å². The Morgan fingerprint density at radius 3 is 2.00 bits per heavy atom. The van der Waals surface area contributed by atoms with Crippen LogP contribution in [0.25, 0.3) is 0 Å². The van der Waals surface area contributed by atoms with Gasteiger partial charge < -0.3 is 0 Å². The van der Waals surface area contributed by atoms with Crippen LogP contribution in [0.3, 0.4) is 0 Å². The Bertz CT molecular complexity index is 162. The molecule has 5 heteroatoms. The molecular weight excluding hydrogens is 166 g/mol. The van der Waals surface area contributed by atoms with Crippen molar-refractivity contribution in [2.45, 2.75) is 26.7 Å². The number of nitrogens with one attached hydrogen (secondary N) is 2. The SMILES string of the molecule is CCCN(CCC)N(C)C(=N)N=N. The Balaban J connectivity index is 4.16. The van der Waals surface area contributed by atoms with E-state index in [1.807, 2.05) is 5.01 Å². The summed E-state index contributed by atoms with van der Waals surface area (Å²) in [6, 6.07) is 0. The summed E-state index contributed by atoms with van der Waals surface area (Å²) < 4.78 is 0. The van der Waals surface area contributed by atoms with E-state index in [0.717, 1.165) is 25.9 Å². The minimum Gasteiger partial charge on any atom is -0.276 e. The van der Waals surface area contributed by atoms with E-state index >= 15 is 0 Å². The fourth-order valence-corrected chi connectivity index (χ4v) is 1.13. The fourth-order valence-electron chi connectivity index (χ4n) is 1.13. The lowest BCUT2D eigenvalue weighted by Gasteiger charge is -2.30. The van der Waals surface area contributed by atoms with E-state index in [4.69, 9.17) is 10.9 Å². The highest BCUT2D eigenvalue weighted by Crippen LogP contribution is 1.99. The molecule has 0 aromatic rings. The first kappa shape index (κ1) is 12.0. The van der Waals surface area contributed by atoms with Crippen molar-refractivity contribution in [1.29, 1.82) is 10.9 Å². The van der Waals surface area contributed by atoms with Crippen LogP contribution in [-0.2, 0) is 0 Å². The van der Waals surface area contributed by atoms with Gasteiger partial charge in [0.1, 0.15) is 0 Å². The quantitative estimate of drug-likeness (QED) is 0.297.